The second kappa shape index (κ2) is 5.42. The van der Waals surface area contributed by atoms with E-state index >= 15 is 0 Å². The molecule has 0 amide bonds. The summed E-state index contributed by atoms with van der Waals surface area (Å²) in [7, 11) is -3.60. The summed E-state index contributed by atoms with van der Waals surface area (Å²) in [5, 5.41) is 2.73. The van der Waals surface area contributed by atoms with Gasteiger partial charge in [-0.05, 0) is 37.1 Å². The molecule has 1 aromatic carbocycles. The number of benzene rings is 1. The minimum atomic E-state index is -3.60. The monoisotopic (exact) mass is 299 g/mol. The maximum Gasteiger partial charge on any atom is 0.188 e. The van der Waals surface area contributed by atoms with Crippen molar-refractivity contribution in [3.05, 3.63) is 29.6 Å². The van der Waals surface area contributed by atoms with Crippen LogP contribution in [-0.4, -0.2) is 33.4 Å². The summed E-state index contributed by atoms with van der Waals surface area (Å²) >= 11 is 0. The van der Waals surface area contributed by atoms with Crippen LogP contribution in [-0.2, 0) is 14.6 Å². The Labute approximate surface area is 118 Å². The van der Waals surface area contributed by atoms with Gasteiger partial charge in [0.1, 0.15) is 16.0 Å². The van der Waals surface area contributed by atoms with Crippen LogP contribution in [0.1, 0.15) is 30.9 Å². The number of piperidine rings is 1. The molecule has 1 unspecified atom stereocenters. The molecule has 0 aromatic heterocycles. The smallest absolute Gasteiger partial charge is 0.188 e. The van der Waals surface area contributed by atoms with Crippen molar-refractivity contribution in [3.63, 3.8) is 0 Å². The highest BCUT2D eigenvalue weighted by Gasteiger charge is 2.35. The predicted molar refractivity (Wildman–Crippen MR) is 72.8 cm³/mol. The van der Waals surface area contributed by atoms with Crippen molar-refractivity contribution in [2.75, 3.05) is 19.8 Å². The molecule has 0 aliphatic carbocycles. The lowest BCUT2D eigenvalue weighted by Crippen LogP contribution is -2.41. The minimum Gasteiger partial charge on any atom is -0.379 e. The van der Waals surface area contributed by atoms with Gasteiger partial charge in [0.25, 0.3) is 0 Å². The van der Waals surface area contributed by atoms with Crippen molar-refractivity contribution >= 4 is 9.84 Å². The molecule has 0 spiro atoms. The van der Waals surface area contributed by atoms with Crippen LogP contribution in [0.4, 0.5) is 4.39 Å². The van der Waals surface area contributed by atoms with E-state index in [9.17, 15) is 12.8 Å². The van der Waals surface area contributed by atoms with E-state index in [1.54, 1.807) is 6.07 Å². The fraction of sp³-hybridized carbons (Fsp3) is 0.571. The third-order valence-electron chi connectivity index (χ3n) is 4.02. The van der Waals surface area contributed by atoms with Gasteiger partial charge >= 0.3 is 0 Å². The van der Waals surface area contributed by atoms with Gasteiger partial charge in [0.2, 0.25) is 0 Å². The van der Waals surface area contributed by atoms with Crippen LogP contribution in [0, 0.1) is 5.82 Å². The van der Waals surface area contributed by atoms with Gasteiger partial charge in [0.05, 0.1) is 13.2 Å². The Hall–Kier alpha value is -0.980. The van der Waals surface area contributed by atoms with Crippen molar-refractivity contribution in [2.45, 2.75) is 35.4 Å². The molecule has 1 atom stereocenters. The van der Waals surface area contributed by atoms with Crippen molar-refractivity contribution in [1.82, 2.24) is 5.32 Å². The van der Waals surface area contributed by atoms with Gasteiger partial charge in [-0.15, -0.1) is 0 Å². The maximum atomic E-state index is 14.2. The number of ether oxygens (including phenoxy) is 1. The SMILES string of the molecule is O=S(=O)(c1ccc(C2CCCCN2)cc1F)C1COC1. The van der Waals surface area contributed by atoms with Crippen LogP contribution in [0.2, 0.25) is 0 Å². The Kier molecular flexibility index (Phi) is 3.79. The van der Waals surface area contributed by atoms with E-state index in [2.05, 4.69) is 5.32 Å². The molecular weight excluding hydrogens is 281 g/mol. The Morgan fingerprint density at radius 3 is 2.60 bits per heavy atom. The largest absolute Gasteiger partial charge is 0.379 e. The molecule has 2 fully saturated rings. The summed E-state index contributed by atoms with van der Waals surface area (Å²) in [5.41, 5.74) is 0.825. The molecule has 1 N–H and O–H groups in total. The molecule has 0 radical (unpaired) electrons. The fourth-order valence-corrected chi connectivity index (χ4v) is 4.17. The first-order valence-corrected chi connectivity index (χ1v) is 8.48. The lowest BCUT2D eigenvalue weighted by atomic mass is 9.97. The van der Waals surface area contributed by atoms with Gasteiger partial charge < -0.3 is 10.1 Å². The van der Waals surface area contributed by atoms with Crippen LogP contribution < -0.4 is 5.32 Å². The zero-order valence-corrected chi connectivity index (χ0v) is 12.0. The molecule has 20 heavy (non-hydrogen) atoms. The maximum absolute atomic E-state index is 14.2. The number of hydrogen-bond donors (Lipinski definition) is 1. The molecule has 2 aliphatic heterocycles. The molecule has 2 aliphatic rings. The van der Waals surface area contributed by atoms with Gasteiger partial charge in [-0.3, -0.25) is 0 Å². The highest BCUT2D eigenvalue weighted by Crippen LogP contribution is 2.28. The minimum absolute atomic E-state index is 0.127. The van der Waals surface area contributed by atoms with Gasteiger partial charge in [-0.2, -0.15) is 0 Å². The molecule has 4 nitrogen and oxygen atoms in total. The van der Waals surface area contributed by atoms with Crippen molar-refractivity contribution in [1.29, 1.82) is 0 Å². The molecule has 1 aromatic rings. The second-order valence-electron chi connectivity index (χ2n) is 5.40. The molecule has 110 valence electrons. The van der Waals surface area contributed by atoms with Crippen molar-refractivity contribution in [3.8, 4) is 0 Å². The quantitative estimate of drug-likeness (QED) is 0.925. The Morgan fingerprint density at radius 1 is 1.25 bits per heavy atom. The topological polar surface area (TPSA) is 55.4 Å². The number of halogens is 1. The molecule has 6 heteroatoms. The van der Waals surface area contributed by atoms with Gasteiger partial charge in [-0.1, -0.05) is 12.5 Å². The van der Waals surface area contributed by atoms with Crippen LogP contribution in [0.25, 0.3) is 0 Å². The first kappa shape index (κ1) is 14.0. The molecule has 2 saturated heterocycles. The summed E-state index contributed by atoms with van der Waals surface area (Å²) in [4.78, 5) is -0.203. The van der Waals surface area contributed by atoms with E-state index in [1.807, 2.05) is 0 Å². The van der Waals surface area contributed by atoms with Crippen LogP contribution in [0.5, 0.6) is 0 Å². The third-order valence-corrected chi connectivity index (χ3v) is 6.12. The van der Waals surface area contributed by atoms with Gasteiger partial charge in [0, 0.05) is 6.04 Å². The fourth-order valence-electron chi connectivity index (χ4n) is 2.67. The molecule has 3 rings (SSSR count). The van der Waals surface area contributed by atoms with Gasteiger partial charge in [0.15, 0.2) is 9.84 Å². The first-order chi connectivity index (χ1) is 9.59. The zero-order valence-electron chi connectivity index (χ0n) is 11.1. The Balaban J connectivity index is 1.87. The van der Waals surface area contributed by atoms with Crippen molar-refractivity contribution < 1.29 is 17.5 Å². The molecular formula is C14H18FNO3S. The van der Waals surface area contributed by atoms with E-state index in [0.717, 1.165) is 31.4 Å². The molecule has 2 heterocycles. The summed E-state index contributed by atoms with van der Waals surface area (Å²) in [5.74, 6) is -0.651. The van der Waals surface area contributed by atoms with E-state index in [0.29, 0.717) is 0 Å². The standard InChI is InChI=1S/C14H18FNO3S/c15-12-7-10(13-3-1-2-6-16-13)4-5-14(12)20(17,18)11-8-19-9-11/h4-5,7,11,13,16H,1-3,6,8-9H2. The van der Waals surface area contributed by atoms with E-state index < -0.39 is 20.9 Å². The Bertz CT molecular complexity index is 592. The number of rotatable bonds is 3. The second-order valence-corrected chi connectivity index (χ2v) is 7.59. The molecule has 0 bridgehead atoms. The highest BCUT2D eigenvalue weighted by atomic mass is 32.2. The van der Waals surface area contributed by atoms with E-state index in [1.165, 1.54) is 12.1 Å². The van der Waals surface area contributed by atoms with Crippen LogP contribution >= 0.6 is 0 Å². The first-order valence-electron chi connectivity index (χ1n) is 6.93. The zero-order chi connectivity index (χ0) is 14.2. The van der Waals surface area contributed by atoms with E-state index in [4.69, 9.17) is 4.74 Å². The lowest BCUT2D eigenvalue weighted by molar-refractivity contribution is 0.0415. The summed E-state index contributed by atoms with van der Waals surface area (Å²) < 4.78 is 43.4. The van der Waals surface area contributed by atoms with E-state index in [-0.39, 0.29) is 24.2 Å². The number of nitrogens with one attached hydrogen (secondary N) is 1. The van der Waals surface area contributed by atoms with Gasteiger partial charge in [-0.25, -0.2) is 12.8 Å². The summed E-state index contributed by atoms with van der Waals surface area (Å²) in [6, 6.07) is 4.60. The Morgan fingerprint density at radius 2 is 2.05 bits per heavy atom. The number of hydrogen-bond acceptors (Lipinski definition) is 4. The molecule has 0 saturated carbocycles. The normalized spacial score (nSPS) is 24.4. The average Bonchev–Trinajstić information content (AvgIpc) is 2.36. The highest BCUT2D eigenvalue weighted by molar-refractivity contribution is 7.92. The average molecular weight is 299 g/mol. The van der Waals surface area contributed by atoms with Crippen LogP contribution in [0.3, 0.4) is 0 Å². The summed E-state index contributed by atoms with van der Waals surface area (Å²) in [6.07, 6.45) is 3.20. The predicted octanol–water partition coefficient (Wildman–Crippen LogP) is 1.81. The third kappa shape index (κ3) is 2.47. The van der Waals surface area contributed by atoms with Crippen molar-refractivity contribution in [2.24, 2.45) is 0 Å². The van der Waals surface area contributed by atoms with Crippen LogP contribution in [0.15, 0.2) is 23.1 Å². The lowest BCUT2D eigenvalue weighted by Gasteiger charge is -2.27. The summed E-state index contributed by atoms with van der Waals surface area (Å²) in [6.45, 7) is 1.24. The number of sulfone groups is 1.